The molecule has 6 nitrogen and oxygen atoms in total. The van der Waals surface area contributed by atoms with E-state index >= 15 is 0 Å². The Hall–Kier alpha value is -1.38. The molecule has 0 radical (unpaired) electrons. The predicted molar refractivity (Wildman–Crippen MR) is 118 cm³/mol. The summed E-state index contributed by atoms with van der Waals surface area (Å²) in [6.07, 6.45) is 4.92. The molecule has 2 N–H and O–H groups in total. The van der Waals surface area contributed by atoms with Gasteiger partial charge in [0, 0.05) is 30.1 Å². The van der Waals surface area contributed by atoms with Gasteiger partial charge in [-0.2, -0.15) is 11.8 Å². The molecule has 0 saturated heterocycles. The number of carbonyl (C=O) groups is 1. The highest BCUT2D eigenvalue weighted by atomic mass is 32.2. The third-order valence-electron chi connectivity index (χ3n) is 5.23. The molecule has 3 rings (SSSR count). The molecule has 0 unspecified atom stereocenters. The Labute approximate surface area is 174 Å². The van der Waals surface area contributed by atoms with E-state index in [4.69, 9.17) is 0 Å². The minimum absolute atomic E-state index is 0.00542. The molecular formula is C20H30N4O2S2. The molecule has 0 aromatic carbocycles. The molecule has 2 heterocycles. The van der Waals surface area contributed by atoms with E-state index in [0.29, 0.717) is 24.5 Å². The number of thioether (sulfide) groups is 1. The van der Waals surface area contributed by atoms with Gasteiger partial charge in [-0.3, -0.25) is 9.59 Å². The Morgan fingerprint density at radius 1 is 1.29 bits per heavy atom. The van der Waals surface area contributed by atoms with Crippen LogP contribution in [0, 0.1) is 0 Å². The van der Waals surface area contributed by atoms with Crippen molar-refractivity contribution in [1.82, 2.24) is 20.2 Å². The van der Waals surface area contributed by atoms with Crippen molar-refractivity contribution in [3.8, 4) is 0 Å². The maximum Gasteiger partial charge on any atom is 0.259 e. The molecule has 1 aliphatic carbocycles. The van der Waals surface area contributed by atoms with Crippen LogP contribution < -0.4 is 10.9 Å². The number of amides is 1. The van der Waals surface area contributed by atoms with Gasteiger partial charge in [0.1, 0.15) is 10.7 Å². The Kier molecular flexibility index (Phi) is 7.93. The van der Waals surface area contributed by atoms with Crippen LogP contribution in [0.2, 0.25) is 0 Å². The molecule has 0 bridgehead atoms. The van der Waals surface area contributed by atoms with Crippen molar-refractivity contribution in [2.24, 2.45) is 0 Å². The van der Waals surface area contributed by atoms with Crippen LogP contribution in [0.15, 0.2) is 4.79 Å². The van der Waals surface area contributed by atoms with Crippen LogP contribution in [0.25, 0.3) is 10.2 Å². The zero-order valence-electron chi connectivity index (χ0n) is 16.8. The molecule has 0 aliphatic heterocycles. The lowest BCUT2D eigenvalue weighted by molar-refractivity contribution is -0.120. The van der Waals surface area contributed by atoms with Crippen LogP contribution in [0.1, 0.15) is 49.4 Å². The first-order valence-corrected chi connectivity index (χ1v) is 12.2. The van der Waals surface area contributed by atoms with Gasteiger partial charge >= 0.3 is 0 Å². The average molecular weight is 423 g/mol. The topological polar surface area (TPSA) is 78.1 Å². The molecule has 154 valence electrons. The van der Waals surface area contributed by atoms with Crippen molar-refractivity contribution in [3.63, 3.8) is 0 Å². The maximum absolute atomic E-state index is 12.5. The summed E-state index contributed by atoms with van der Waals surface area (Å²) < 4.78 is 0. The zero-order valence-corrected chi connectivity index (χ0v) is 18.4. The summed E-state index contributed by atoms with van der Waals surface area (Å²) in [5.74, 6) is 2.14. The van der Waals surface area contributed by atoms with Gasteiger partial charge < -0.3 is 15.2 Å². The molecule has 2 aromatic heterocycles. The number of nitrogens with one attached hydrogen (secondary N) is 2. The van der Waals surface area contributed by atoms with E-state index in [1.807, 2.05) is 0 Å². The summed E-state index contributed by atoms with van der Waals surface area (Å²) in [4.78, 5) is 36.6. The van der Waals surface area contributed by atoms with Crippen LogP contribution in [-0.2, 0) is 23.4 Å². The fourth-order valence-electron chi connectivity index (χ4n) is 3.59. The molecule has 8 heteroatoms. The second-order valence-electron chi connectivity index (χ2n) is 7.08. The molecule has 1 amide bonds. The number of thiophene rings is 1. The molecule has 1 aliphatic rings. The van der Waals surface area contributed by atoms with Crippen molar-refractivity contribution in [2.45, 2.75) is 51.7 Å². The van der Waals surface area contributed by atoms with E-state index in [0.717, 1.165) is 54.9 Å². The number of aromatic amines is 1. The summed E-state index contributed by atoms with van der Waals surface area (Å²) in [5, 5.41) is 3.78. The molecule has 0 fully saturated rings. The first kappa shape index (κ1) is 21.3. The summed E-state index contributed by atoms with van der Waals surface area (Å²) in [6, 6.07) is 0. The van der Waals surface area contributed by atoms with Gasteiger partial charge in [-0.15, -0.1) is 11.3 Å². The normalized spacial score (nSPS) is 13.8. The van der Waals surface area contributed by atoms with Crippen molar-refractivity contribution >= 4 is 39.2 Å². The fourth-order valence-corrected chi connectivity index (χ4v) is 5.68. The SMILES string of the molecule is CCN(CC)CCNC(=O)CCSCc1nc2sc3c(c2c(=O)[nH]1)CCCC3. The third-order valence-corrected chi connectivity index (χ3v) is 7.39. The van der Waals surface area contributed by atoms with Crippen LogP contribution in [0.4, 0.5) is 0 Å². The van der Waals surface area contributed by atoms with Gasteiger partial charge in [-0.05, 0) is 44.3 Å². The minimum Gasteiger partial charge on any atom is -0.355 e. The van der Waals surface area contributed by atoms with E-state index in [-0.39, 0.29) is 11.5 Å². The van der Waals surface area contributed by atoms with Gasteiger partial charge in [-0.25, -0.2) is 4.98 Å². The van der Waals surface area contributed by atoms with Gasteiger partial charge in [-0.1, -0.05) is 13.8 Å². The highest BCUT2D eigenvalue weighted by molar-refractivity contribution is 7.98. The summed E-state index contributed by atoms with van der Waals surface area (Å²) >= 11 is 3.31. The van der Waals surface area contributed by atoms with Crippen molar-refractivity contribution < 1.29 is 4.79 Å². The van der Waals surface area contributed by atoms with E-state index < -0.39 is 0 Å². The number of hydrogen-bond acceptors (Lipinski definition) is 6. The molecule has 0 atom stereocenters. The maximum atomic E-state index is 12.5. The van der Waals surface area contributed by atoms with Crippen LogP contribution in [0.5, 0.6) is 0 Å². The first-order chi connectivity index (χ1) is 13.6. The molecule has 28 heavy (non-hydrogen) atoms. The number of carbonyl (C=O) groups excluding carboxylic acids is 1. The number of likely N-dealkylation sites (N-methyl/N-ethyl adjacent to an activating group) is 1. The second kappa shape index (κ2) is 10.4. The van der Waals surface area contributed by atoms with Gasteiger partial charge in [0.25, 0.3) is 5.56 Å². The van der Waals surface area contributed by atoms with Crippen molar-refractivity contribution in [2.75, 3.05) is 31.9 Å². The van der Waals surface area contributed by atoms with E-state index in [9.17, 15) is 9.59 Å². The lowest BCUT2D eigenvalue weighted by Crippen LogP contribution is -2.34. The Balaban J connectivity index is 1.45. The van der Waals surface area contributed by atoms with Gasteiger partial charge in [0.15, 0.2) is 0 Å². The minimum atomic E-state index is -0.00542. The Morgan fingerprint density at radius 2 is 2.07 bits per heavy atom. The van der Waals surface area contributed by atoms with Gasteiger partial charge in [0.05, 0.1) is 11.1 Å². The van der Waals surface area contributed by atoms with Gasteiger partial charge in [0.2, 0.25) is 5.91 Å². The number of nitrogens with zero attached hydrogens (tertiary/aromatic N) is 2. The van der Waals surface area contributed by atoms with Crippen LogP contribution in [-0.4, -0.2) is 52.7 Å². The Bertz CT molecular complexity index is 858. The second-order valence-corrected chi connectivity index (χ2v) is 9.27. The highest BCUT2D eigenvalue weighted by Crippen LogP contribution is 2.33. The smallest absolute Gasteiger partial charge is 0.259 e. The predicted octanol–water partition coefficient (Wildman–Crippen LogP) is 2.94. The molecular weight excluding hydrogens is 392 g/mol. The summed E-state index contributed by atoms with van der Waals surface area (Å²) in [5.41, 5.74) is 1.22. The summed E-state index contributed by atoms with van der Waals surface area (Å²) in [6.45, 7) is 7.85. The Morgan fingerprint density at radius 3 is 2.86 bits per heavy atom. The monoisotopic (exact) mass is 422 g/mol. The van der Waals surface area contributed by atoms with Crippen molar-refractivity contribution in [3.05, 3.63) is 26.6 Å². The third kappa shape index (κ3) is 5.36. The first-order valence-electron chi connectivity index (χ1n) is 10.2. The lowest BCUT2D eigenvalue weighted by atomic mass is 9.97. The molecule has 2 aromatic rings. The van der Waals surface area contributed by atoms with Crippen LogP contribution >= 0.6 is 23.1 Å². The highest BCUT2D eigenvalue weighted by Gasteiger charge is 2.19. The zero-order chi connectivity index (χ0) is 19.9. The largest absolute Gasteiger partial charge is 0.355 e. The number of rotatable bonds is 10. The molecule has 0 spiro atoms. The molecule has 0 saturated carbocycles. The van der Waals surface area contributed by atoms with Crippen LogP contribution in [0.3, 0.4) is 0 Å². The number of aromatic nitrogens is 2. The standard InChI is InChI=1S/C20H30N4O2S2/c1-3-24(4-2)11-10-21-17(25)9-12-27-13-16-22-19(26)18-14-7-5-6-8-15(14)28-20(18)23-16/h3-13H2,1-2H3,(H,21,25)(H,22,23,26). The average Bonchev–Trinajstić information content (AvgIpc) is 3.07. The van der Waals surface area contributed by atoms with E-state index in [1.165, 1.54) is 16.9 Å². The van der Waals surface area contributed by atoms with Crippen molar-refractivity contribution in [1.29, 1.82) is 0 Å². The van der Waals surface area contributed by atoms with E-state index in [2.05, 4.69) is 34.0 Å². The summed E-state index contributed by atoms with van der Waals surface area (Å²) in [7, 11) is 0. The fraction of sp³-hybridized carbons (Fsp3) is 0.650. The number of H-pyrrole nitrogens is 1. The van der Waals surface area contributed by atoms with E-state index in [1.54, 1.807) is 23.1 Å². The number of fused-ring (bicyclic) bond motifs is 3. The number of aryl methyl sites for hydroxylation is 2. The lowest BCUT2D eigenvalue weighted by Gasteiger charge is -2.17. The quantitative estimate of drug-likeness (QED) is 0.576. The number of hydrogen-bond donors (Lipinski definition) is 2.